The smallest absolute Gasteiger partial charge is 0.132 e. The number of rotatable bonds is 5. The zero-order chi connectivity index (χ0) is 24.4. The van der Waals surface area contributed by atoms with E-state index in [1.807, 2.05) is 0 Å². The second-order valence-corrected chi connectivity index (χ2v) is 12.1. The molecule has 0 amide bonds. The van der Waals surface area contributed by atoms with E-state index in [2.05, 4.69) is 34.3 Å². The van der Waals surface area contributed by atoms with Gasteiger partial charge in [0.05, 0.1) is 18.2 Å². The van der Waals surface area contributed by atoms with Gasteiger partial charge in [0.25, 0.3) is 0 Å². The number of fused-ring (bicyclic) bond motifs is 3. The molecule has 0 aromatic heterocycles. The summed E-state index contributed by atoms with van der Waals surface area (Å²) in [7, 11) is 0. The molecule has 9 heteroatoms. The molecule has 5 aliphatic rings. The maximum atomic E-state index is 10.9. The van der Waals surface area contributed by atoms with Crippen LogP contribution in [-0.2, 0) is 9.47 Å². The minimum absolute atomic E-state index is 0.00168. The molecule has 4 saturated heterocycles. The number of hydrogen-bond donors (Lipinski definition) is 5. The molecule has 0 aromatic rings. The first-order chi connectivity index (χ1) is 17.0. The van der Waals surface area contributed by atoms with Crippen LogP contribution < -0.4 is 10.6 Å². The molecule has 35 heavy (non-hydrogen) atoms. The molecule has 5 heterocycles. The zero-order valence-electron chi connectivity index (χ0n) is 20.6. The summed E-state index contributed by atoms with van der Waals surface area (Å²) in [5, 5.41) is 39.3. The fraction of sp³-hybridized carbons (Fsp3) is 0.846. The molecule has 0 radical (unpaired) electrons. The average molecular weight is 510 g/mol. The monoisotopic (exact) mass is 509 g/mol. The van der Waals surface area contributed by atoms with Gasteiger partial charge >= 0.3 is 0 Å². The molecule has 8 nitrogen and oxygen atoms in total. The Hall–Kier alpha value is -0.650. The van der Waals surface area contributed by atoms with E-state index in [0.29, 0.717) is 18.3 Å². The maximum absolute atomic E-state index is 10.9. The molecule has 5 aliphatic heterocycles. The first kappa shape index (κ1) is 26.0. The van der Waals surface area contributed by atoms with Gasteiger partial charge in [-0.25, -0.2) is 0 Å². The van der Waals surface area contributed by atoms with Gasteiger partial charge in [-0.2, -0.15) is 0 Å². The molecule has 0 saturated carbocycles. The van der Waals surface area contributed by atoms with Gasteiger partial charge < -0.3 is 40.3 Å². The van der Waals surface area contributed by atoms with Crippen LogP contribution in [0.3, 0.4) is 0 Å². The van der Waals surface area contributed by atoms with Crippen molar-refractivity contribution < 1.29 is 24.8 Å². The summed E-state index contributed by atoms with van der Waals surface area (Å²) < 4.78 is 12.5. The lowest BCUT2D eigenvalue weighted by Crippen LogP contribution is -2.62. The fourth-order valence-electron chi connectivity index (χ4n) is 6.38. The summed E-state index contributed by atoms with van der Waals surface area (Å²) in [6.45, 7) is 9.35. The largest absolute Gasteiger partial charge is 0.388 e. The Morgan fingerprint density at radius 2 is 1.91 bits per heavy atom. The van der Waals surface area contributed by atoms with E-state index in [1.165, 1.54) is 37.4 Å². The second kappa shape index (κ2) is 11.8. The molecule has 5 rings (SSSR count). The number of thioether (sulfide) groups is 1. The molecule has 10 atom stereocenters. The molecular weight excluding hydrogens is 466 g/mol. The van der Waals surface area contributed by atoms with Crippen molar-refractivity contribution in [2.75, 3.05) is 38.5 Å². The molecule has 0 aliphatic carbocycles. The topological polar surface area (TPSA) is 106 Å². The first-order valence-corrected chi connectivity index (χ1v) is 14.6. The van der Waals surface area contributed by atoms with E-state index in [4.69, 9.17) is 9.47 Å². The number of nitrogens with zero attached hydrogens (tertiary/aromatic N) is 1. The van der Waals surface area contributed by atoms with E-state index in [0.717, 1.165) is 50.7 Å². The second-order valence-electron chi connectivity index (χ2n) is 11.0. The summed E-state index contributed by atoms with van der Waals surface area (Å²) in [6.07, 6.45) is 6.99. The lowest BCUT2D eigenvalue weighted by Gasteiger charge is -2.44. The van der Waals surface area contributed by atoms with E-state index in [1.54, 1.807) is 0 Å². The van der Waals surface area contributed by atoms with Crippen LogP contribution in [0.25, 0.3) is 0 Å². The van der Waals surface area contributed by atoms with Crippen LogP contribution >= 0.6 is 11.8 Å². The van der Waals surface area contributed by atoms with Crippen LogP contribution in [0.15, 0.2) is 24.4 Å². The van der Waals surface area contributed by atoms with Crippen molar-refractivity contribution in [2.24, 2.45) is 11.8 Å². The Labute approximate surface area is 213 Å². The lowest BCUT2D eigenvalue weighted by atomic mass is 9.91. The predicted molar refractivity (Wildman–Crippen MR) is 137 cm³/mol. The van der Waals surface area contributed by atoms with Crippen molar-refractivity contribution in [2.45, 2.75) is 86.6 Å². The third-order valence-electron chi connectivity index (χ3n) is 8.39. The van der Waals surface area contributed by atoms with Crippen LogP contribution in [0, 0.1) is 11.8 Å². The molecule has 2 bridgehead atoms. The van der Waals surface area contributed by atoms with Crippen LogP contribution in [0.1, 0.15) is 38.5 Å². The number of hydrogen-bond acceptors (Lipinski definition) is 9. The third-order valence-corrected chi connectivity index (χ3v) is 9.73. The van der Waals surface area contributed by atoms with Gasteiger partial charge in [0.15, 0.2) is 0 Å². The zero-order valence-corrected chi connectivity index (χ0v) is 21.5. The predicted octanol–water partition coefficient (Wildman–Crippen LogP) is 0.828. The Balaban J connectivity index is 1.31. The van der Waals surface area contributed by atoms with Crippen LogP contribution in [-0.4, -0.2) is 107 Å². The van der Waals surface area contributed by atoms with Gasteiger partial charge in [0.2, 0.25) is 0 Å². The average Bonchev–Trinajstić information content (AvgIpc) is 3.45. The number of likely N-dealkylation sites (tertiary alicyclic amines) is 1. The number of aliphatic hydroxyl groups excluding tert-OH is 3. The number of aliphatic hydroxyl groups is 3. The summed E-state index contributed by atoms with van der Waals surface area (Å²) in [6, 6.07) is -0.280. The summed E-state index contributed by atoms with van der Waals surface area (Å²) in [5.41, 5.74) is 0.256. The Morgan fingerprint density at radius 3 is 2.74 bits per heavy atom. The lowest BCUT2D eigenvalue weighted by molar-refractivity contribution is -0.204. The van der Waals surface area contributed by atoms with Gasteiger partial charge in [0.1, 0.15) is 29.9 Å². The molecular formula is C26H43N3O5S. The van der Waals surface area contributed by atoms with Crippen LogP contribution in [0.4, 0.5) is 0 Å². The van der Waals surface area contributed by atoms with Crippen molar-refractivity contribution >= 4 is 11.8 Å². The summed E-state index contributed by atoms with van der Waals surface area (Å²) in [5.74, 6) is 1.64. The summed E-state index contributed by atoms with van der Waals surface area (Å²) in [4.78, 5) is 2.51. The highest BCUT2D eigenvalue weighted by atomic mass is 32.2. The van der Waals surface area contributed by atoms with E-state index in [-0.39, 0.29) is 18.2 Å². The van der Waals surface area contributed by atoms with Crippen molar-refractivity contribution in [1.82, 2.24) is 15.5 Å². The highest BCUT2D eigenvalue weighted by Crippen LogP contribution is 2.34. The quantitative estimate of drug-likeness (QED) is 0.345. The molecule has 0 spiro atoms. The summed E-state index contributed by atoms with van der Waals surface area (Å²) >= 11 is 1.54. The molecule has 5 N–H and O–H groups in total. The van der Waals surface area contributed by atoms with Gasteiger partial charge in [-0.1, -0.05) is 25.2 Å². The van der Waals surface area contributed by atoms with Crippen molar-refractivity contribution in [1.29, 1.82) is 0 Å². The van der Waals surface area contributed by atoms with Crippen molar-refractivity contribution in [3.8, 4) is 0 Å². The van der Waals surface area contributed by atoms with Gasteiger partial charge in [0, 0.05) is 31.1 Å². The van der Waals surface area contributed by atoms with E-state index < -0.39 is 29.9 Å². The van der Waals surface area contributed by atoms with E-state index in [9.17, 15) is 15.3 Å². The van der Waals surface area contributed by atoms with Crippen LogP contribution in [0.2, 0.25) is 0 Å². The standard InChI is InChI=1S/C26H43N3O5S/c1-16(20-24-18(13-27-20)8-2-5-12-33-24)28-19-9-6-7-17(14-29-10-3-4-11-29)15-35-26-23(32)21(30)22(31)25(19)34-26/h6-7,17-28,30-32H,1-5,8-15H2/b7-6-. The third kappa shape index (κ3) is 5.93. The van der Waals surface area contributed by atoms with Crippen LogP contribution in [0.5, 0.6) is 0 Å². The minimum Gasteiger partial charge on any atom is -0.388 e. The van der Waals surface area contributed by atoms with Gasteiger partial charge in [-0.3, -0.25) is 0 Å². The van der Waals surface area contributed by atoms with Crippen molar-refractivity contribution in [3.05, 3.63) is 24.4 Å². The molecule has 198 valence electrons. The SMILES string of the molecule is C=C(NC1C/C=C\C(CN2CCCC2)CSC2OC1C(O)C(O)C2O)C1NCC2CCCCOC21. The van der Waals surface area contributed by atoms with Gasteiger partial charge in [-0.15, -0.1) is 11.8 Å². The van der Waals surface area contributed by atoms with Gasteiger partial charge in [-0.05, 0) is 57.0 Å². The fourth-order valence-corrected chi connectivity index (χ4v) is 7.60. The highest BCUT2D eigenvalue weighted by molar-refractivity contribution is 7.99. The van der Waals surface area contributed by atoms with E-state index >= 15 is 0 Å². The Bertz CT molecular complexity index is 750. The maximum Gasteiger partial charge on any atom is 0.132 e. The Morgan fingerprint density at radius 1 is 1.09 bits per heavy atom. The number of nitrogens with one attached hydrogen (secondary N) is 2. The molecule has 0 aromatic carbocycles. The normalized spacial score (nSPS) is 45.9. The van der Waals surface area contributed by atoms with Crippen molar-refractivity contribution in [3.63, 3.8) is 0 Å². The molecule has 10 unspecified atom stereocenters. The first-order valence-electron chi connectivity index (χ1n) is 13.5. The highest BCUT2D eigenvalue weighted by Gasteiger charge is 2.48. The molecule has 4 fully saturated rings. The number of ether oxygens (including phenoxy) is 2. The minimum atomic E-state index is -1.25. The Kier molecular flexibility index (Phi) is 8.77.